The molecule has 0 aliphatic carbocycles. The molecule has 0 aromatic heterocycles. The molecule has 26 heavy (non-hydrogen) atoms. The highest BCUT2D eigenvalue weighted by atomic mass is 35.5. The summed E-state index contributed by atoms with van der Waals surface area (Å²) < 4.78 is 5.58. The Hall–Kier alpha value is -2.97. The number of benzene rings is 2. The zero-order valence-electron chi connectivity index (χ0n) is 14.5. The van der Waals surface area contributed by atoms with E-state index in [1.807, 2.05) is 0 Å². The van der Waals surface area contributed by atoms with Crippen molar-refractivity contribution in [1.82, 2.24) is 4.90 Å². The van der Waals surface area contributed by atoms with E-state index < -0.39 is 6.10 Å². The second-order valence-corrected chi connectivity index (χ2v) is 6.07. The highest BCUT2D eigenvalue weighted by Gasteiger charge is 2.21. The lowest BCUT2D eigenvalue weighted by Gasteiger charge is -2.22. The first kappa shape index (κ1) is 19.4. The SMILES string of the molecule is C#Cc1cccc(NC(=O)CN(C)C(=O)C(C)Oc2ccccc2Cl)c1. The molecule has 0 saturated carbocycles. The van der Waals surface area contributed by atoms with E-state index in [4.69, 9.17) is 22.8 Å². The van der Waals surface area contributed by atoms with Gasteiger partial charge in [0.15, 0.2) is 6.10 Å². The largest absolute Gasteiger partial charge is 0.479 e. The Morgan fingerprint density at radius 2 is 2.00 bits per heavy atom. The van der Waals surface area contributed by atoms with Crippen molar-refractivity contribution in [3.63, 3.8) is 0 Å². The van der Waals surface area contributed by atoms with Crippen molar-refractivity contribution in [2.45, 2.75) is 13.0 Å². The molecule has 134 valence electrons. The number of ether oxygens (including phenoxy) is 1. The first-order valence-electron chi connectivity index (χ1n) is 7.93. The van der Waals surface area contributed by atoms with Gasteiger partial charge in [0, 0.05) is 18.3 Å². The van der Waals surface area contributed by atoms with Gasteiger partial charge in [-0.05, 0) is 37.3 Å². The lowest BCUT2D eigenvalue weighted by molar-refractivity contribution is -0.139. The first-order valence-corrected chi connectivity index (χ1v) is 8.31. The van der Waals surface area contributed by atoms with E-state index >= 15 is 0 Å². The van der Waals surface area contributed by atoms with Crippen molar-refractivity contribution < 1.29 is 14.3 Å². The molecule has 0 fully saturated rings. The van der Waals surface area contributed by atoms with Gasteiger partial charge in [0.05, 0.1) is 11.6 Å². The molecule has 2 aromatic rings. The number of carbonyl (C=O) groups excluding carboxylic acids is 2. The van der Waals surface area contributed by atoms with Gasteiger partial charge in [0.25, 0.3) is 5.91 Å². The van der Waals surface area contributed by atoms with Gasteiger partial charge >= 0.3 is 0 Å². The summed E-state index contributed by atoms with van der Waals surface area (Å²) in [6.07, 6.45) is 4.56. The fraction of sp³-hybridized carbons (Fsp3) is 0.200. The quantitative estimate of drug-likeness (QED) is 0.794. The lowest BCUT2D eigenvalue weighted by Crippen LogP contribution is -2.42. The van der Waals surface area contributed by atoms with Crippen LogP contribution >= 0.6 is 11.6 Å². The average Bonchev–Trinajstić information content (AvgIpc) is 2.62. The van der Waals surface area contributed by atoms with Gasteiger partial charge < -0.3 is 15.0 Å². The van der Waals surface area contributed by atoms with Crippen molar-refractivity contribution in [2.24, 2.45) is 0 Å². The summed E-state index contributed by atoms with van der Waals surface area (Å²) in [5, 5.41) is 3.13. The van der Waals surface area contributed by atoms with Gasteiger partial charge in [-0.1, -0.05) is 35.7 Å². The third-order valence-electron chi connectivity index (χ3n) is 3.56. The fourth-order valence-corrected chi connectivity index (χ4v) is 2.45. The maximum absolute atomic E-state index is 12.4. The Bertz CT molecular complexity index is 845. The molecule has 0 heterocycles. The molecule has 0 saturated heterocycles. The molecule has 2 amide bonds. The van der Waals surface area contributed by atoms with Gasteiger partial charge in [-0.25, -0.2) is 0 Å². The topological polar surface area (TPSA) is 58.6 Å². The maximum Gasteiger partial charge on any atom is 0.263 e. The molecule has 2 aromatic carbocycles. The minimum atomic E-state index is -0.780. The second kappa shape index (κ2) is 8.93. The number of para-hydroxylation sites is 1. The Morgan fingerprint density at radius 1 is 1.27 bits per heavy atom. The van der Waals surface area contributed by atoms with Gasteiger partial charge in [0.2, 0.25) is 5.91 Å². The Balaban J connectivity index is 1.92. The molecule has 1 unspecified atom stereocenters. The van der Waals surface area contributed by atoms with Crippen molar-refractivity contribution in [3.8, 4) is 18.1 Å². The summed E-state index contributed by atoms with van der Waals surface area (Å²) in [5.74, 6) is 2.25. The number of halogens is 1. The zero-order chi connectivity index (χ0) is 19.1. The second-order valence-electron chi connectivity index (χ2n) is 5.66. The molecule has 0 aliphatic rings. The van der Waals surface area contributed by atoms with Crippen LogP contribution in [0.2, 0.25) is 5.02 Å². The van der Waals surface area contributed by atoms with E-state index in [2.05, 4.69) is 11.2 Å². The van der Waals surface area contributed by atoms with Crippen LogP contribution in [0.5, 0.6) is 5.75 Å². The van der Waals surface area contributed by atoms with Crippen LogP contribution in [0, 0.1) is 12.3 Å². The number of anilines is 1. The lowest BCUT2D eigenvalue weighted by atomic mass is 10.2. The van der Waals surface area contributed by atoms with Crippen LogP contribution in [0.25, 0.3) is 0 Å². The Labute approximate surface area is 157 Å². The molecule has 6 heteroatoms. The zero-order valence-corrected chi connectivity index (χ0v) is 15.3. The number of likely N-dealkylation sites (N-methyl/N-ethyl adjacent to an activating group) is 1. The highest BCUT2D eigenvalue weighted by Crippen LogP contribution is 2.24. The number of rotatable bonds is 6. The monoisotopic (exact) mass is 370 g/mol. The van der Waals surface area contributed by atoms with E-state index in [-0.39, 0.29) is 18.4 Å². The molecular formula is C20H19ClN2O3. The molecule has 1 N–H and O–H groups in total. The summed E-state index contributed by atoms with van der Waals surface area (Å²) in [5.41, 5.74) is 1.24. The van der Waals surface area contributed by atoms with Crippen molar-refractivity contribution in [1.29, 1.82) is 0 Å². The summed E-state index contributed by atoms with van der Waals surface area (Å²) in [4.78, 5) is 25.8. The number of nitrogens with one attached hydrogen (secondary N) is 1. The van der Waals surface area contributed by atoms with Crippen molar-refractivity contribution in [2.75, 3.05) is 18.9 Å². The van der Waals surface area contributed by atoms with E-state index in [0.717, 1.165) is 0 Å². The molecule has 2 rings (SSSR count). The standard InChI is InChI=1S/C20H19ClN2O3/c1-4-15-8-7-9-16(12-15)22-19(24)13-23(3)20(25)14(2)26-18-11-6-5-10-17(18)21/h1,5-12,14H,13H2,2-3H3,(H,22,24). The summed E-state index contributed by atoms with van der Waals surface area (Å²) >= 11 is 6.02. The maximum atomic E-state index is 12.4. The number of hydrogen-bond donors (Lipinski definition) is 1. The molecule has 0 spiro atoms. The normalized spacial score (nSPS) is 11.2. The minimum Gasteiger partial charge on any atom is -0.479 e. The Kier molecular flexibility index (Phi) is 6.65. The summed E-state index contributed by atoms with van der Waals surface area (Å²) in [7, 11) is 1.53. The summed E-state index contributed by atoms with van der Waals surface area (Å²) in [6, 6.07) is 13.8. The summed E-state index contributed by atoms with van der Waals surface area (Å²) in [6.45, 7) is 1.49. The molecule has 5 nitrogen and oxygen atoms in total. The van der Waals surface area contributed by atoms with E-state index in [0.29, 0.717) is 22.0 Å². The van der Waals surface area contributed by atoms with Crippen LogP contribution in [-0.2, 0) is 9.59 Å². The Morgan fingerprint density at radius 3 is 2.69 bits per heavy atom. The minimum absolute atomic E-state index is 0.116. The molecule has 0 bridgehead atoms. The number of terminal acetylenes is 1. The first-order chi connectivity index (χ1) is 12.4. The van der Waals surface area contributed by atoms with Crippen LogP contribution in [0.3, 0.4) is 0 Å². The third-order valence-corrected chi connectivity index (χ3v) is 3.87. The van der Waals surface area contributed by atoms with Gasteiger partial charge in [0.1, 0.15) is 5.75 Å². The third kappa shape index (κ3) is 5.27. The van der Waals surface area contributed by atoms with Crippen molar-refractivity contribution >= 4 is 29.1 Å². The molecular weight excluding hydrogens is 352 g/mol. The predicted molar refractivity (Wildman–Crippen MR) is 102 cm³/mol. The van der Waals surface area contributed by atoms with E-state index in [9.17, 15) is 9.59 Å². The fourth-order valence-electron chi connectivity index (χ4n) is 2.27. The van der Waals surface area contributed by atoms with Crippen LogP contribution in [0.15, 0.2) is 48.5 Å². The van der Waals surface area contributed by atoms with E-state index in [1.165, 1.54) is 11.9 Å². The van der Waals surface area contributed by atoms with Crippen LogP contribution in [0.4, 0.5) is 5.69 Å². The average molecular weight is 371 g/mol. The predicted octanol–water partition coefficient (Wildman–Crippen LogP) is 3.19. The van der Waals surface area contributed by atoms with Crippen LogP contribution in [0.1, 0.15) is 12.5 Å². The smallest absolute Gasteiger partial charge is 0.263 e. The highest BCUT2D eigenvalue weighted by molar-refractivity contribution is 6.32. The van der Waals surface area contributed by atoms with E-state index in [1.54, 1.807) is 55.5 Å². The molecule has 0 aliphatic heterocycles. The number of nitrogens with zero attached hydrogens (tertiary/aromatic N) is 1. The van der Waals surface area contributed by atoms with Crippen LogP contribution < -0.4 is 10.1 Å². The van der Waals surface area contributed by atoms with Gasteiger partial charge in [-0.15, -0.1) is 6.42 Å². The van der Waals surface area contributed by atoms with Crippen molar-refractivity contribution in [3.05, 3.63) is 59.1 Å². The number of carbonyl (C=O) groups is 2. The number of hydrogen-bond acceptors (Lipinski definition) is 3. The van der Waals surface area contributed by atoms with Gasteiger partial charge in [-0.2, -0.15) is 0 Å². The van der Waals surface area contributed by atoms with Gasteiger partial charge in [-0.3, -0.25) is 9.59 Å². The molecule has 0 radical (unpaired) electrons. The molecule has 1 atom stereocenters. The van der Waals surface area contributed by atoms with Crippen LogP contribution in [-0.4, -0.2) is 36.4 Å². The number of amides is 2.